The van der Waals surface area contributed by atoms with Gasteiger partial charge in [0.1, 0.15) is 5.82 Å². The second-order valence-corrected chi connectivity index (χ2v) is 9.33. The maximum Gasteiger partial charge on any atom is 0.573 e. The third kappa shape index (κ3) is 7.44. The van der Waals surface area contributed by atoms with Crippen molar-refractivity contribution in [2.45, 2.75) is 51.8 Å². The molecule has 0 aromatic heterocycles. The van der Waals surface area contributed by atoms with Crippen LogP contribution < -0.4 is 4.74 Å². The van der Waals surface area contributed by atoms with Gasteiger partial charge < -0.3 is 4.74 Å². The van der Waals surface area contributed by atoms with Crippen LogP contribution in [0.1, 0.15) is 41.2 Å². The van der Waals surface area contributed by atoms with Gasteiger partial charge in [0.2, 0.25) is 0 Å². The Morgan fingerprint density at radius 1 is 0.684 bits per heavy atom. The van der Waals surface area contributed by atoms with Crippen LogP contribution in [0.5, 0.6) is 5.75 Å². The molecule has 198 valence electrons. The average molecular weight is 525 g/mol. The zero-order valence-electron chi connectivity index (χ0n) is 21.1. The minimum atomic E-state index is -4.96. The van der Waals surface area contributed by atoms with E-state index in [0.717, 1.165) is 48.8 Å². The first kappa shape index (κ1) is 27.4. The average Bonchev–Trinajstić information content (AvgIpc) is 2.89. The molecule has 4 aromatic rings. The van der Waals surface area contributed by atoms with Crippen molar-refractivity contribution in [3.8, 4) is 5.75 Å². The highest BCUT2D eigenvalue weighted by Crippen LogP contribution is 2.28. The highest BCUT2D eigenvalue weighted by molar-refractivity contribution is 5.84. The lowest BCUT2D eigenvalue weighted by Crippen LogP contribution is -2.18. The van der Waals surface area contributed by atoms with Crippen molar-refractivity contribution >= 4 is 10.8 Å². The first-order chi connectivity index (χ1) is 18.2. The number of ether oxygens (including phenoxy) is 1. The third-order valence-electron chi connectivity index (χ3n) is 6.56. The zero-order chi connectivity index (χ0) is 27.1. The van der Waals surface area contributed by atoms with Gasteiger partial charge in [0.05, 0.1) is 0 Å². The van der Waals surface area contributed by atoms with Crippen molar-refractivity contribution in [3.05, 3.63) is 124 Å². The summed E-state index contributed by atoms with van der Waals surface area (Å²) in [5.41, 5.74) is 4.63. The molecule has 0 spiro atoms. The summed E-state index contributed by atoms with van der Waals surface area (Å²) >= 11 is 0. The molecule has 1 nitrogen and oxygen atoms in total. The molecule has 0 aliphatic rings. The number of fused-ring (bicyclic) bond motifs is 1. The van der Waals surface area contributed by atoms with Crippen LogP contribution in [-0.4, -0.2) is 6.36 Å². The van der Waals surface area contributed by atoms with Gasteiger partial charge in [-0.25, -0.2) is 8.78 Å². The third-order valence-corrected chi connectivity index (χ3v) is 6.56. The van der Waals surface area contributed by atoms with Crippen molar-refractivity contribution < 1.29 is 26.7 Å². The lowest BCUT2D eigenvalue weighted by molar-refractivity contribution is -0.275. The van der Waals surface area contributed by atoms with E-state index in [9.17, 15) is 17.6 Å². The number of allylic oxidation sites excluding steroid dienone is 2. The fourth-order valence-corrected chi connectivity index (χ4v) is 4.50. The molecule has 0 fully saturated rings. The van der Waals surface area contributed by atoms with Gasteiger partial charge in [-0.05, 0) is 90.8 Å². The van der Waals surface area contributed by atoms with Crippen LogP contribution in [0, 0.1) is 11.6 Å². The summed E-state index contributed by atoms with van der Waals surface area (Å²) < 4.78 is 69.8. The van der Waals surface area contributed by atoms with E-state index in [-0.39, 0.29) is 18.7 Å². The number of benzene rings is 4. The van der Waals surface area contributed by atoms with Crippen LogP contribution in [0.3, 0.4) is 0 Å². The van der Waals surface area contributed by atoms with E-state index in [1.807, 2.05) is 25.1 Å². The summed E-state index contributed by atoms with van der Waals surface area (Å²) in [4.78, 5) is 0. The van der Waals surface area contributed by atoms with E-state index < -0.39 is 17.9 Å². The first-order valence-electron chi connectivity index (χ1n) is 12.6. The number of hydrogen-bond donors (Lipinski definition) is 0. The first-order valence-corrected chi connectivity index (χ1v) is 12.6. The number of halogens is 5. The van der Waals surface area contributed by atoms with Crippen molar-refractivity contribution in [3.63, 3.8) is 0 Å². The molecule has 0 N–H and O–H groups in total. The quantitative estimate of drug-likeness (QED) is 0.149. The largest absolute Gasteiger partial charge is 0.573 e. The Morgan fingerprint density at radius 2 is 1.29 bits per heavy atom. The van der Waals surface area contributed by atoms with Gasteiger partial charge in [0.25, 0.3) is 0 Å². The molecule has 0 amide bonds. The Morgan fingerprint density at radius 3 is 1.97 bits per heavy atom. The molecule has 38 heavy (non-hydrogen) atoms. The second kappa shape index (κ2) is 12.2. The highest BCUT2D eigenvalue weighted by Gasteiger charge is 2.32. The number of hydrogen-bond acceptors (Lipinski definition) is 1. The Balaban J connectivity index is 1.37. The molecule has 0 saturated carbocycles. The Bertz CT molecular complexity index is 1400. The summed E-state index contributed by atoms with van der Waals surface area (Å²) in [7, 11) is 0. The van der Waals surface area contributed by atoms with Gasteiger partial charge >= 0.3 is 6.36 Å². The van der Waals surface area contributed by atoms with Gasteiger partial charge in [-0.1, -0.05) is 72.8 Å². The van der Waals surface area contributed by atoms with E-state index in [1.165, 1.54) is 17.2 Å². The SMILES string of the molecule is C/C=C/CCc1ccc(CCc2ccc3c(F)c(CCc4ccc(OC(F)(F)F)c(F)c4)ccc3c2)cc1. The maximum atomic E-state index is 15.2. The van der Waals surface area contributed by atoms with Gasteiger partial charge in [-0.15, -0.1) is 13.2 Å². The standard InChI is InChI=1S/C32H29F5O/c1-2-3-4-5-22-6-8-23(9-7-22)10-11-24-13-18-28-27(20-24)17-16-26(31(28)34)15-12-25-14-19-30(29(33)21-25)38-32(35,36)37/h2-3,6-9,13-14,16-21H,4-5,10-12,15H2,1H3/b3-2+. The Hall–Kier alpha value is -3.67. The molecule has 0 atom stereocenters. The minimum Gasteiger partial charge on any atom is -0.403 e. The summed E-state index contributed by atoms with van der Waals surface area (Å²) in [6.45, 7) is 2.03. The van der Waals surface area contributed by atoms with Gasteiger partial charge in [0, 0.05) is 5.39 Å². The highest BCUT2D eigenvalue weighted by atomic mass is 19.4. The molecule has 0 saturated heterocycles. The predicted molar refractivity (Wildman–Crippen MR) is 141 cm³/mol. The molecule has 4 aromatic carbocycles. The van der Waals surface area contributed by atoms with E-state index in [1.54, 1.807) is 12.1 Å². The van der Waals surface area contributed by atoms with Crippen LogP contribution in [0.25, 0.3) is 10.8 Å². The second-order valence-electron chi connectivity index (χ2n) is 9.33. The zero-order valence-corrected chi connectivity index (χ0v) is 21.1. The molecule has 0 aliphatic carbocycles. The summed E-state index contributed by atoms with van der Waals surface area (Å²) in [6, 6.07) is 21.3. The van der Waals surface area contributed by atoms with Crippen LogP contribution in [0.15, 0.2) is 84.9 Å². The van der Waals surface area contributed by atoms with Crippen LogP contribution >= 0.6 is 0 Å². The Labute approximate surface area is 219 Å². The molecule has 0 bridgehead atoms. The van der Waals surface area contributed by atoms with Gasteiger partial charge in [0.15, 0.2) is 11.6 Å². The molecular formula is C32H29F5O. The monoisotopic (exact) mass is 524 g/mol. The molecular weight excluding hydrogens is 495 g/mol. The normalized spacial score (nSPS) is 11.9. The smallest absolute Gasteiger partial charge is 0.403 e. The van der Waals surface area contributed by atoms with Crippen molar-refractivity contribution in [2.24, 2.45) is 0 Å². The fourth-order valence-electron chi connectivity index (χ4n) is 4.50. The number of aryl methyl sites for hydroxylation is 5. The van der Waals surface area contributed by atoms with E-state index in [4.69, 9.17) is 0 Å². The predicted octanol–water partition coefficient (Wildman–Crippen LogP) is 9.10. The van der Waals surface area contributed by atoms with Crippen LogP contribution in [-0.2, 0) is 32.1 Å². The molecule has 6 heteroatoms. The number of alkyl halides is 3. The van der Waals surface area contributed by atoms with Crippen molar-refractivity contribution in [1.29, 1.82) is 0 Å². The lowest BCUT2D eigenvalue weighted by Gasteiger charge is -2.11. The van der Waals surface area contributed by atoms with Crippen molar-refractivity contribution in [1.82, 2.24) is 0 Å². The van der Waals surface area contributed by atoms with Crippen LogP contribution in [0.2, 0.25) is 0 Å². The molecule has 0 aliphatic heterocycles. The minimum absolute atomic E-state index is 0.276. The summed E-state index contributed by atoms with van der Waals surface area (Å²) in [5.74, 6) is -2.32. The maximum absolute atomic E-state index is 15.2. The summed E-state index contributed by atoms with van der Waals surface area (Å²) in [5, 5.41) is 1.32. The molecule has 4 rings (SSSR count). The molecule has 0 heterocycles. The topological polar surface area (TPSA) is 9.23 Å². The Kier molecular flexibility index (Phi) is 8.82. The lowest BCUT2D eigenvalue weighted by atomic mass is 9.97. The van der Waals surface area contributed by atoms with E-state index in [2.05, 4.69) is 41.2 Å². The molecule has 0 unspecified atom stereocenters. The van der Waals surface area contributed by atoms with Crippen LogP contribution in [0.4, 0.5) is 22.0 Å². The molecule has 0 radical (unpaired) electrons. The summed E-state index contributed by atoms with van der Waals surface area (Å²) in [6.07, 6.45) is 3.63. The van der Waals surface area contributed by atoms with Crippen molar-refractivity contribution in [2.75, 3.05) is 0 Å². The van der Waals surface area contributed by atoms with E-state index >= 15 is 4.39 Å². The fraction of sp³-hybridized carbons (Fsp3) is 0.250. The van der Waals surface area contributed by atoms with Gasteiger partial charge in [-0.3, -0.25) is 0 Å². The van der Waals surface area contributed by atoms with Gasteiger partial charge in [-0.2, -0.15) is 0 Å². The number of rotatable bonds is 10. The van der Waals surface area contributed by atoms with E-state index in [0.29, 0.717) is 16.5 Å².